The largest absolute Gasteiger partial charge is 0.471 e. The number of carbonyl (C=O) groups excluding carboxylic acids is 2. The number of alkyl halides is 3. The Hall–Kier alpha value is -2.97. The number of nitrogens with one attached hydrogen (secondary N) is 1. The summed E-state index contributed by atoms with van der Waals surface area (Å²) in [6.45, 7) is -4.85. The monoisotopic (exact) mass is 1010 g/mol. The second-order valence-electron chi connectivity index (χ2n) is 16.5. The van der Waals surface area contributed by atoms with Crippen molar-refractivity contribution in [1.82, 2.24) is 0 Å². The molecule has 30 heteroatoms. The van der Waals surface area contributed by atoms with Crippen LogP contribution in [0.25, 0.3) is 0 Å². The van der Waals surface area contributed by atoms with Crippen molar-refractivity contribution >= 4 is 17.6 Å². The lowest BCUT2D eigenvalue weighted by Gasteiger charge is -2.51. The number of anilines is 1. The third kappa shape index (κ3) is 12.8. The van der Waals surface area contributed by atoms with E-state index >= 15 is 0 Å². The number of methoxy groups -OCH3 is 1. The molecule has 0 aromatic heterocycles. The first-order valence-corrected chi connectivity index (χ1v) is 21.2. The maximum absolute atomic E-state index is 13.4. The smallest absolute Gasteiger partial charge is 0.465 e. The third-order valence-corrected chi connectivity index (χ3v) is 11.8. The molecule has 4 heterocycles. The molecular formula is C39H58F3NO26. The van der Waals surface area contributed by atoms with Crippen LogP contribution in [0.1, 0.15) is 12.0 Å². The highest BCUT2D eigenvalue weighted by molar-refractivity contribution is 5.94. The van der Waals surface area contributed by atoms with Gasteiger partial charge < -0.3 is 125 Å². The molecule has 0 bridgehead atoms. The van der Waals surface area contributed by atoms with Crippen LogP contribution in [0.15, 0.2) is 24.3 Å². The van der Waals surface area contributed by atoms with Crippen LogP contribution in [-0.2, 0) is 58.6 Å². The number of hydrogen-bond donors (Lipinski definition) is 16. The summed E-state index contributed by atoms with van der Waals surface area (Å²) in [7, 11) is 0.896. The maximum atomic E-state index is 13.4. The van der Waals surface area contributed by atoms with E-state index in [4.69, 9.17) is 42.6 Å². The zero-order valence-corrected chi connectivity index (χ0v) is 36.2. The Balaban J connectivity index is 1.46. The Bertz CT molecular complexity index is 1790. The van der Waals surface area contributed by atoms with Crippen LogP contribution in [0, 0.1) is 0 Å². The normalized spacial score (nSPS) is 40.1. The fourth-order valence-electron chi connectivity index (χ4n) is 7.97. The Morgan fingerprint density at radius 2 is 1.20 bits per heavy atom. The van der Waals surface area contributed by atoms with Gasteiger partial charge in [-0.1, -0.05) is 12.1 Å². The number of aliphatic hydroxyl groups is 15. The van der Waals surface area contributed by atoms with Crippen molar-refractivity contribution in [1.29, 1.82) is 0 Å². The zero-order chi connectivity index (χ0) is 51.3. The fraction of sp³-hybridized carbons (Fsp3) is 0.795. The molecule has 0 radical (unpaired) electrons. The number of aliphatic hydroxyl groups excluding tert-OH is 15. The van der Waals surface area contributed by atoms with E-state index in [-0.39, 0.29) is 12.1 Å². The molecule has 27 nitrogen and oxygen atoms in total. The molecule has 4 saturated heterocycles. The van der Waals surface area contributed by atoms with Crippen LogP contribution in [0.3, 0.4) is 0 Å². The van der Waals surface area contributed by atoms with Crippen molar-refractivity contribution in [3.63, 3.8) is 0 Å². The topological polar surface area (TPSA) is 433 Å². The molecule has 4 aliphatic heterocycles. The van der Waals surface area contributed by atoms with E-state index in [0.29, 0.717) is 5.56 Å². The SMILES string of the molecule is COC(=O)[C@@]1(OCCc2ccc(NC(=O)C(F)(F)F)cc2)C[C@@H](O)[C@@H](O[C@H]2O[C@H]([C@@H](O)CO)[C@@H](O[C@@H]3O[C@H](CO)[C@@H](O)[C@H](O)[C@H]3O)[C@H](O)[C@@H]2O[C@H]2O[C@H]([C@@H](O)CO)[C@@H](O)[C@H](O)[C@@H]2O)[C@@H]([C@H](O)CO)O1. The lowest BCUT2D eigenvalue weighted by atomic mass is 9.91. The van der Waals surface area contributed by atoms with Crippen LogP contribution in [-0.4, -0.2) is 269 Å². The van der Waals surface area contributed by atoms with Gasteiger partial charge in [0.1, 0.15) is 104 Å². The Morgan fingerprint density at radius 3 is 1.77 bits per heavy atom. The molecule has 4 fully saturated rings. The molecule has 22 atom stereocenters. The van der Waals surface area contributed by atoms with Crippen LogP contribution in [0.4, 0.5) is 18.9 Å². The molecule has 1 aromatic carbocycles. The van der Waals surface area contributed by atoms with Gasteiger partial charge in [-0.3, -0.25) is 4.79 Å². The summed E-state index contributed by atoms with van der Waals surface area (Å²) in [5.74, 6) is -6.16. The summed E-state index contributed by atoms with van der Waals surface area (Å²) in [5.41, 5.74) is 0.168. The highest BCUT2D eigenvalue weighted by atomic mass is 19.4. The first-order chi connectivity index (χ1) is 32.5. The number of carbonyl (C=O) groups is 2. The van der Waals surface area contributed by atoms with Gasteiger partial charge in [-0.15, -0.1) is 0 Å². The van der Waals surface area contributed by atoms with Crippen molar-refractivity contribution in [2.24, 2.45) is 0 Å². The number of ether oxygens (including phenoxy) is 9. The summed E-state index contributed by atoms with van der Waals surface area (Å²) in [6.07, 6.45) is -50.0. The number of hydrogen-bond acceptors (Lipinski definition) is 26. The van der Waals surface area contributed by atoms with E-state index in [1.165, 1.54) is 12.1 Å². The van der Waals surface area contributed by atoms with E-state index in [2.05, 4.69) is 0 Å². The number of amides is 1. The molecule has 0 spiro atoms. The Kier molecular flexibility index (Phi) is 19.9. The average Bonchev–Trinajstić information content (AvgIpc) is 3.32. The second kappa shape index (κ2) is 24.2. The van der Waals surface area contributed by atoms with Crippen LogP contribution in [0.2, 0.25) is 0 Å². The van der Waals surface area contributed by atoms with Gasteiger partial charge in [-0.05, 0) is 24.1 Å². The first-order valence-electron chi connectivity index (χ1n) is 21.2. The molecule has 5 rings (SSSR count). The van der Waals surface area contributed by atoms with Crippen molar-refractivity contribution in [3.8, 4) is 0 Å². The molecular weight excluding hydrogens is 955 g/mol. The van der Waals surface area contributed by atoms with Gasteiger partial charge in [0.25, 0.3) is 5.79 Å². The van der Waals surface area contributed by atoms with E-state index < -0.39 is 192 Å². The highest BCUT2D eigenvalue weighted by Gasteiger charge is 2.60. The molecule has 69 heavy (non-hydrogen) atoms. The van der Waals surface area contributed by atoms with Crippen LogP contribution >= 0.6 is 0 Å². The van der Waals surface area contributed by atoms with Crippen molar-refractivity contribution < 1.29 is 142 Å². The minimum absolute atomic E-state index is 0.108. The summed E-state index contributed by atoms with van der Waals surface area (Å²) < 4.78 is 89.1. The molecule has 16 N–H and O–H groups in total. The van der Waals surface area contributed by atoms with Gasteiger partial charge in [0, 0.05) is 12.1 Å². The second-order valence-corrected chi connectivity index (χ2v) is 16.5. The van der Waals surface area contributed by atoms with E-state index in [1.807, 2.05) is 0 Å². The molecule has 0 saturated carbocycles. The van der Waals surface area contributed by atoms with Gasteiger partial charge in [-0.2, -0.15) is 13.2 Å². The molecule has 0 unspecified atom stereocenters. The van der Waals surface area contributed by atoms with E-state index in [0.717, 1.165) is 19.2 Å². The van der Waals surface area contributed by atoms with Crippen molar-refractivity contribution in [2.45, 2.75) is 154 Å². The summed E-state index contributed by atoms with van der Waals surface area (Å²) >= 11 is 0. The first kappa shape index (κ1) is 56.9. The van der Waals surface area contributed by atoms with Gasteiger partial charge in [-0.25, -0.2) is 4.79 Å². The molecule has 0 aliphatic carbocycles. The molecule has 1 amide bonds. The van der Waals surface area contributed by atoms with Gasteiger partial charge >= 0.3 is 18.1 Å². The quantitative estimate of drug-likeness (QED) is 0.0572. The predicted octanol–water partition coefficient (Wildman–Crippen LogP) is -8.33. The minimum atomic E-state index is -5.16. The zero-order valence-electron chi connectivity index (χ0n) is 36.2. The summed E-state index contributed by atoms with van der Waals surface area (Å²) in [6, 6.07) is 4.91. The van der Waals surface area contributed by atoms with Gasteiger partial charge in [0.15, 0.2) is 18.9 Å². The number of halogens is 3. The lowest BCUT2D eigenvalue weighted by Crippen LogP contribution is -2.70. The summed E-state index contributed by atoms with van der Waals surface area (Å²) in [4.78, 5) is 24.7. The number of rotatable bonds is 19. The van der Waals surface area contributed by atoms with Crippen molar-refractivity contribution in [3.05, 3.63) is 29.8 Å². The van der Waals surface area contributed by atoms with Crippen LogP contribution < -0.4 is 5.32 Å². The summed E-state index contributed by atoms with van der Waals surface area (Å²) in [5, 5.41) is 161. The number of esters is 1. The molecule has 396 valence electrons. The number of benzene rings is 1. The lowest BCUT2D eigenvalue weighted by molar-refractivity contribution is -0.408. The standard InChI is InChI=1S/C39H58F3NO26/c1-61-37(60)38(62-7-6-13-2-4-14(5-3-13)43-36(59)39(40,41)42)8-15(48)28(30(69-38)18(51)11-46)65-35-32(68-34-25(57)22(54)23(55)27(64-34)16(49)9-44)26(58)31(29(66-35)17(50)10-45)67-33-24(56)21(53)20(52)19(12-47)63-33/h2-5,15-35,44-58H,6-12H2,1H3,(H,43,59)/t15-,16+,17+,18-,19-,20-,21+,22+,23+,24-,25+,26+,27-,28-,29-,30-,31+,32+,33+,34-,35+,38-/m1/s1. The molecule has 1 aromatic rings. The molecule has 4 aliphatic rings. The average molecular weight is 1010 g/mol. The maximum Gasteiger partial charge on any atom is 0.471 e. The Morgan fingerprint density at radius 1 is 0.681 bits per heavy atom. The van der Waals surface area contributed by atoms with E-state index in [1.54, 1.807) is 5.32 Å². The third-order valence-electron chi connectivity index (χ3n) is 11.8. The van der Waals surface area contributed by atoms with Crippen LogP contribution in [0.5, 0.6) is 0 Å². The minimum Gasteiger partial charge on any atom is -0.465 e. The van der Waals surface area contributed by atoms with Gasteiger partial charge in [0.2, 0.25) is 0 Å². The highest BCUT2D eigenvalue weighted by Crippen LogP contribution is 2.40. The van der Waals surface area contributed by atoms with Gasteiger partial charge in [0.05, 0.1) is 46.2 Å². The van der Waals surface area contributed by atoms with E-state index in [9.17, 15) is 99.4 Å². The Labute approximate surface area is 388 Å². The fourth-order valence-corrected chi connectivity index (χ4v) is 7.97. The van der Waals surface area contributed by atoms with Crippen molar-refractivity contribution in [2.75, 3.05) is 45.5 Å². The predicted molar refractivity (Wildman–Crippen MR) is 210 cm³/mol.